The van der Waals surface area contributed by atoms with Crippen molar-refractivity contribution in [1.82, 2.24) is 4.90 Å². The van der Waals surface area contributed by atoms with E-state index in [-0.39, 0.29) is 28.6 Å². The Bertz CT molecular complexity index is 1000. The van der Waals surface area contributed by atoms with Crippen LogP contribution in [0.4, 0.5) is 0 Å². The van der Waals surface area contributed by atoms with Gasteiger partial charge in [-0.25, -0.2) is 0 Å². The van der Waals surface area contributed by atoms with Crippen LogP contribution >= 0.6 is 0 Å². The molecule has 1 aromatic carbocycles. The van der Waals surface area contributed by atoms with Crippen LogP contribution in [0.5, 0.6) is 11.5 Å². The molecular formula is C27H37NO4. The van der Waals surface area contributed by atoms with Crippen LogP contribution < -0.4 is 4.74 Å². The summed E-state index contributed by atoms with van der Waals surface area (Å²) in [5, 5.41) is 22.7. The van der Waals surface area contributed by atoms with Crippen LogP contribution in [0.3, 0.4) is 0 Å². The van der Waals surface area contributed by atoms with Crippen molar-refractivity contribution in [2.45, 2.75) is 81.6 Å². The fourth-order valence-corrected chi connectivity index (χ4v) is 8.52. The molecule has 1 unspecified atom stereocenters. The molecule has 5 nitrogen and oxygen atoms in total. The van der Waals surface area contributed by atoms with Gasteiger partial charge in [-0.2, -0.15) is 0 Å². The van der Waals surface area contributed by atoms with Crippen molar-refractivity contribution in [2.75, 3.05) is 20.7 Å². The molecule has 1 saturated heterocycles. The molecule has 2 spiro atoms. The van der Waals surface area contributed by atoms with Crippen molar-refractivity contribution in [1.29, 1.82) is 0 Å². The number of likely N-dealkylation sites (N-methyl/N-ethyl adjacent to an activating group) is 1. The summed E-state index contributed by atoms with van der Waals surface area (Å²) in [5.74, 6) is 1.35. The van der Waals surface area contributed by atoms with Crippen LogP contribution in [0.2, 0.25) is 0 Å². The van der Waals surface area contributed by atoms with E-state index < -0.39 is 11.2 Å². The van der Waals surface area contributed by atoms with Gasteiger partial charge in [-0.3, -0.25) is 0 Å². The Morgan fingerprint density at radius 3 is 2.81 bits per heavy atom. The third kappa shape index (κ3) is 2.17. The standard InChI is InChI=1S/C27H37NO4/c1-16(2)8-9-24(3,30)19-15-25-10-11-27(19,31-5)23-26(25)12-13-28(4)20(25)14-17-6-7-18(29)22(32-23)21(17)26/h6-7,10-11,16,19-20,23,29-30H,8-9,12-15H2,1-5H3/t19-,20-,23-,24-,25-,26+,27?/m1/s1. The Morgan fingerprint density at radius 1 is 1.31 bits per heavy atom. The predicted molar refractivity (Wildman–Crippen MR) is 123 cm³/mol. The van der Waals surface area contributed by atoms with Gasteiger partial charge in [0.25, 0.3) is 0 Å². The molecule has 2 heterocycles. The zero-order valence-corrected chi connectivity index (χ0v) is 20.0. The second-order valence-corrected chi connectivity index (χ2v) is 11.8. The average Bonchev–Trinajstić information content (AvgIpc) is 3.14. The molecule has 5 heteroatoms. The number of ether oxygens (including phenoxy) is 2. The van der Waals surface area contributed by atoms with Crippen molar-refractivity contribution < 1.29 is 19.7 Å². The number of hydrogen-bond donors (Lipinski definition) is 2. The molecule has 0 amide bonds. The summed E-state index contributed by atoms with van der Waals surface area (Å²) in [6.07, 6.45) is 8.94. The van der Waals surface area contributed by atoms with Gasteiger partial charge in [-0.1, -0.05) is 32.1 Å². The molecule has 2 N–H and O–H groups in total. The van der Waals surface area contributed by atoms with Gasteiger partial charge in [-0.05, 0) is 70.2 Å². The van der Waals surface area contributed by atoms with E-state index in [1.54, 1.807) is 13.2 Å². The maximum atomic E-state index is 11.9. The molecule has 32 heavy (non-hydrogen) atoms. The van der Waals surface area contributed by atoms with Crippen LogP contribution in [0.1, 0.15) is 57.6 Å². The molecule has 6 aliphatic rings. The number of aliphatic hydroxyl groups is 1. The van der Waals surface area contributed by atoms with E-state index in [2.05, 4.69) is 44.0 Å². The van der Waals surface area contributed by atoms with Crippen molar-refractivity contribution in [3.05, 3.63) is 35.4 Å². The van der Waals surface area contributed by atoms with E-state index in [0.29, 0.717) is 17.7 Å². The van der Waals surface area contributed by atoms with E-state index in [9.17, 15) is 10.2 Å². The van der Waals surface area contributed by atoms with E-state index >= 15 is 0 Å². The Labute approximate surface area is 191 Å². The molecule has 7 atom stereocenters. The highest BCUT2D eigenvalue weighted by Gasteiger charge is 2.80. The number of aromatic hydroxyl groups is 1. The second kappa shape index (κ2) is 6.31. The van der Waals surface area contributed by atoms with Gasteiger partial charge in [0.1, 0.15) is 11.7 Å². The number of phenols is 1. The molecule has 4 bridgehead atoms. The Hall–Kier alpha value is -1.56. The molecule has 2 fully saturated rings. The number of rotatable bonds is 5. The van der Waals surface area contributed by atoms with Crippen LogP contribution in [0.15, 0.2) is 24.3 Å². The first-order chi connectivity index (χ1) is 15.1. The van der Waals surface area contributed by atoms with Gasteiger partial charge in [-0.15, -0.1) is 0 Å². The van der Waals surface area contributed by atoms with Crippen molar-refractivity contribution in [3.63, 3.8) is 0 Å². The highest BCUT2D eigenvalue weighted by atomic mass is 16.6. The highest BCUT2D eigenvalue weighted by molar-refractivity contribution is 5.65. The second-order valence-electron chi connectivity index (χ2n) is 11.8. The van der Waals surface area contributed by atoms with Crippen molar-refractivity contribution in [3.8, 4) is 11.5 Å². The highest BCUT2D eigenvalue weighted by Crippen LogP contribution is 2.75. The minimum absolute atomic E-state index is 0.0751. The zero-order valence-electron chi connectivity index (χ0n) is 20.0. The summed E-state index contributed by atoms with van der Waals surface area (Å²) in [7, 11) is 4.02. The molecule has 1 saturated carbocycles. The Kier molecular flexibility index (Phi) is 4.14. The molecule has 0 radical (unpaired) electrons. The summed E-state index contributed by atoms with van der Waals surface area (Å²) in [5.41, 5.74) is 0.580. The topological polar surface area (TPSA) is 62.2 Å². The van der Waals surface area contributed by atoms with Crippen LogP contribution in [-0.2, 0) is 16.6 Å². The number of phenolic OH excluding ortho intramolecular Hbond substituents is 1. The van der Waals surface area contributed by atoms with E-state index in [0.717, 1.165) is 38.6 Å². The first kappa shape index (κ1) is 21.0. The zero-order chi connectivity index (χ0) is 22.7. The molecular weight excluding hydrogens is 402 g/mol. The lowest BCUT2D eigenvalue weighted by Crippen LogP contribution is -2.80. The third-order valence-electron chi connectivity index (χ3n) is 10.1. The lowest BCUT2D eigenvalue weighted by molar-refractivity contribution is -0.247. The molecule has 0 aromatic heterocycles. The smallest absolute Gasteiger partial charge is 0.165 e. The SMILES string of the molecule is COC12C=C[C@@]3(C[C@@H]1[C@](C)(O)CCC(C)C)[C@H]1Cc4ccc(O)c5c4[C@@]3(CCN1C)[C@H]2O5. The Morgan fingerprint density at radius 2 is 2.09 bits per heavy atom. The number of benzene rings is 1. The molecule has 2 aliphatic heterocycles. The molecule has 7 rings (SSSR count). The maximum absolute atomic E-state index is 11.9. The molecule has 1 aromatic rings. The Balaban J connectivity index is 1.59. The summed E-state index contributed by atoms with van der Waals surface area (Å²) in [6, 6.07) is 4.24. The van der Waals surface area contributed by atoms with Gasteiger partial charge in [0.2, 0.25) is 0 Å². The van der Waals surface area contributed by atoms with Crippen molar-refractivity contribution in [2.24, 2.45) is 17.3 Å². The normalized spacial score (nSPS) is 42.7. The first-order valence-corrected chi connectivity index (χ1v) is 12.3. The van der Waals surface area contributed by atoms with Gasteiger partial charge in [0.15, 0.2) is 11.5 Å². The van der Waals surface area contributed by atoms with Crippen molar-refractivity contribution >= 4 is 0 Å². The van der Waals surface area contributed by atoms with Gasteiger partial charge in [0, 0.05) is 30.0 Å². The van der Waals surface area contributed by atoms with Crippen LogP contribution in [-0.4, -0.2) is 59.2 Å². The lowest BCUT2D eigenvalue weighted by atomic mass is 9.36. The monoisotopic (exact) mass is 439 g/mol. The van der Waals surface area contributed by atoms with Gasteiger partial charge in [0.05, 0.1) is 11.0 Å². The summed E-state index contributed by atoms with van der Waals surface area (Å²) < 4.78 is 13.2. The van der Waals surface area contributed by atoms with Crippen LogP contribution in [0.25, 0.3) is 0 Å². The number of likely N-dealkylation sites (tertiary alicyclic amines) is 1. The van der Waals surface area contributed by atoms with Gasteiger partial charge < -0.3 is 24.6 Å². The van der Waals surface area contributed by atoms with E-state index in [1.165, 1.54) is 11.1 Å². The summed E-state index contributed by atoms with van der Waals surface area (Å²) in [4.78, 5) is 2.52. The third-order valence-corrected chi connectivity index (χ3v) is 10.1. The number of nitrogens with zero attached hydrogens (tertiary/aromatic N) is 1. The maximum Gasteiger partial charge on any atom is 0.165 e. The quantitative estimate of drug-likeness (QED) is 0.684. The summed E-state index contributed by atoms with van der Waals surface area (Å²) in [6.45, 7) is 7.43. The average molecular weight is 440 g/mol. The first-order valence-electron chi connectivity index (χ1n) is 12.3. The fourth-order valence-electron chi connectivity index (χ4n) is 8.52. The minimum Gasteiger partial charge on any atom is -0.504 e. The largest absolute Gasteiger partial charge is 0.504 e. The molecule has 174 valence electrons. The predicted octanol–water partition coefficient (Wildman–Crippen LogP) is 3.80. The van der Waals surface area contributed by atoms with E-state index in [1.807, 2.05) is 6.92 Å². The molecule has 4 aliphatic carbocycles. The van der Waals surface area contributed by atoms with Gasteiger partial charge >= 0.3 is 0 Å². The van der Waals surface area contributed by atoms with Crippen LogP contribution in [0, 0.1) is 17.3 Å². The number of hydrogen-bond acceptors (Lipinski definition) is 5. The summed E-state index contributed by atoms with van der Waals surface area (Å²) >= 11 is 0. The fraction of sp³-hybridized carbons (Fsp3) is 0.704. The lowest BCUT2D eigenvalue weighted by Gasteiger charge is -2.72. The number of methoxy groups -OCH3 is 1. The number of fused-ring (bicyclic) bond motifs is 1. The number of piperidine rings is 1. The van der Waals surface area contributed by atoms with E-state index in [4.69, 9.17) is 9.47 Å². The minimum atomic E-state index is -0.868.